The van der Waals surface area contributed by atoms with Crippen molar-refractivity contribution in [3.63, 3.8) is 0 Å². The van der Waals surface area contributed by atoms with E-state index in [0.29, 0.717) is 18.9 Å². The summed E-state index contributed by atoms with van der Waals surface area (Å²) in [7, 11) is 0. The number of ether oxygens (including phenoxy) is 1. The van der Waals surface area contributed by atoms with Crippen molar-refractivity contribution >= 4 is 5.91 Å². The lowest BCUT2D eigenvalue weighted by atomic mass is 10.2. The highest BCUT2D eigenvalue weighted by Gasteiger charge is 2.11. The second-order valence-electron chi connectivity index (χ2n) is 5.20. The summed E-state index contributed by atoms with van der Waals surface area (Å²) in [6.07, 6.45) is 0.939. The average Bonchev–Trinajstić information content (AvgIpc) is 2.97. The Bertz CT molecular complexity index is 605. The van der Waals surface area contributed by atoms with Crippen LogP contribution >= 0.6 is 0 Å². The lowest BCUT2D eigenvalue weighted by molar-refractivity contribution is 0.0753. The standard InChI is InChI=1S/C17H20FNO3/c1-12(2)21-11-3-10-19-17(20)16-9-8-15(22-16)13-4-6-14(18)7-5-13/h4-9,12H,3,10-11H2,1-2H3,(H,19,20). The molecule has 0 aliphatic carbocycles. The molecule has 118 valence electrons. The quantitative estimate of drug-likeness (QED) is 0.795. The van der Waals surface area contributed by atoms with Gasteiger partial charge in [-0.05, 0) is 56.7 Å². The van der Waals surface area contributed by atoms with Gasteiger partial charge in [0.15, 0.2) is 5.76 Å². The first kappa shape index (κ1) is 16.2. The molecule has 1 aromatic heterocycles. The Morgan fingerprint density at radius 2 is 1.95 bits per heavy atom. The maximum absolute atomic E-state index is 12.9. The highest BCUT2D eigenvalue weighted by atomic mass is 19.1. The minimum Gasteiger partial charge on any atom is -0.451 e. The van der Waals surface area contributed by atoms with Crippen molar-refractivity contribution in [2.24, 2.45) is 0 Å². The van der Waals surface area contributed by atoms with E-state index in [1.54, 1.807) is 24.3 Å². The topological polar surface area (TPSA) is 51.5 Å². The van der Waals surface area contributed by atoms with E-state index < -0.39 is 0 Å². The van der Waals surface area contributed by atoms with Crippen molar-refractivity contribution in [2.45, 2.75) is 26.4 Å². The molecular formula is C17H20FNO3. The molecule has 0 fully saturated rings. The van der Waals surface area contributed by atoms with Gasteiger partial charge in [0.05, 0.1) is 6.10 Å². The van der Waals surface area contributed by atoms with E-state index in [-0.39, 0.29) is 23.6 Å². The Hall–Kier alpha value is -2.14. The van der Waals surface area contributed by atoms with Crippen LogP contribution in [0.5, 0.6) is 0 Å². The van der Waals surface area contributed by atoms with Gasteiger partial charge in [0, 0.05) is 18.7 Å². The van der Waals surface area contributed by atoms with Crippen molar-refractivity contribution in [1.29, 1.82) is 0 Å². The molecule has 1 aromatic carbocycles. The Labute approximate surface area is 129 Å². The van der Waals surface area contributed by atoms with Crippen LogP contribution in [0.2, 0.25) is 0 Å². The fourth-order valence-corrected chi connectivity index (χ4v) is 1.91. The number of nitrogens with one attached hydrogen (secondary N) is 1. The molecule has 22 heavy (non-hydrogen) atoms. The van der Waals surface area contributed by atoms with Gasteiger partial charge in [-0.15, -0.1) is 0 Å². The van der Waals surface area contributed by atoms with E-state index in [4.69, 9.17) is 9.15 Å². The van der Waals surface area contributed by atoms with Gasteiger partial charge in [-0.3, -0.25) is 4.79 Å². The van der Waals surface area contributed by atoms with Crippen LogP contribution in [0.4, 0.5) is 4.39 Å². The summed E-state index contributed by atoms with van der Waals surface area (Å²) in [6.45, 7) is 5.08. The predicted octanol–water partition coefficient (Wildman–Crippen LogP) is 3.63. The highest BCUT2D eigenvalue weighted by molar-refractivity contribution is 5.92. The maximum atomic E-state index is 12.9. The lowest BCUT2D eigenvalue weighted by Gasteiger charge is -2.07. The molecule has 0 spiro atoms. The molecule has 0 unspecified atom stereocenters. The third kappa shape index (κ3) is 4.70. The van der Waals surface area contributed by atoms with E-state index >= 15 is 0 Å². The summed E-state index contributed by atoms with van der Waals surface area (Å²) in [5, 5.41) is 2.77. The molecule has 2 aromatic rings. The van der Waals surface area contributed by atoms with Crippen molar-refractivity contribution < 1.29 is 18.3 Å². The molecule has 5 heteroatoms. The van der Waals surface area contributed by atoms with Crippen LogP contribution in [-0.2, 0) is 4.74 Å². The van der Waals surface area contributed by atoms with Crippen molar-refractivity contribution in [2.75, 3.05) is 13.2 Å². The zero-order chi connectivity index (χ0) is 15.9. The van der Waals surface area contributed by atoms with Crippen molar-refractivity contribution in [1.82, 2.24) is 5.32 Å². The zero-order valence-corrected chi connectivity index (χ0v) is 12.8. The van der Waals surface area contributed by atoms with Crippen LogP contribution in [-0.4, -0.2) is 25.2 Å². The first-order valence-electron chi connectivity index (χ1n) is 7.32. The third-order valence-electron chi connectivity index (χ3n) is 3.02. The number of hydrogen-bond acceptors (Lipinski definition) is 3. The Morgan fingerprint density at radius 3 is 2.64 bits per heavy atom. The van der Waals surface area contributed by atoms with Crippen LogP contribution < -0.4 is 5.32 Å². The van der Waals surface area contributed by atoms with E-state index in [0.717, 1.165) is 12.0 Å². The van der Waals surface area contributed by atoms with Gasteiger partial charge in [-0.2, -0.15) is 0 Å². The van der Waals surface area contributed by atoms with Crippen molar-refractivity contribution in [3.8, 4) is 11.3 Å². The molecule has 4 nitrogen and oxygen atoms in total. The van der Waals surface area contributed by atoms with Crippen LogP contribution in [0.25, 0.3) is 11.3 Å². The molecule has 0 saturated heterocycles. The van der Waals surface area contributed by atoms with Gasteiger partial charge in [0.2, 0.25) is 0 Å². The summed E-state index contributed by atoms with van der Waals surface area (Å²) >= 11 is 0. The SMILES string of the molecule is CC(C)OCCCNC(=O)c1ccc(-c2ccc(F)cc2)o1. The number of halogens is 1. The molecule has 2 rings (SSSR count). The van der Waals surface area contributed by atoms with E-state index in [9.17, 15) is 9.18 Å². The Kier molecular flexibility index (Phi) is 5.72. The lowest BCUT2D eigenvalue weighted by Crippen LogP contribution is -2.25. The predicted molar refractivity (Wildman–Crippen MR) is 82.1 cm³/mol. The van der Waals surface area contributed by atoms with E-state index in [1.807, 2.05) is 13.8 Å². The molecule has 0 aliphatic rings. The maximum Gasteiger partial charge on any atom is 0.287 e. The second-order valence-corrected chi connectivity index (χ2v) is 5.20. The molecule has 1 amide bonds. The Balaban J connectivity index is 1.85. The number of benzene rings is 1. The highest BCUT2D eigenvalue weighted by Crippen LogP contribution is 2.22. The van der Waals surface area contributed by atoms with Gasteiger partial charge in [0.1, 0.15) is 11.6 Å². The molecular weight excluding hydrogens is 285 g/mol. The number of carbonyl (C=O) groups is 1. The molecule has 1 heterocycles. The summed E-state index contributed by atoms with van der Waals surface area (Å²) in [5.74, 6) is 0.201. The number of amides is 1. The van der Waals surface area contributed by atoms with Gasteiger partial charge in [0.25, 0.3) is 5.91 Å². The van der Waals surface area contributed by atoms with E-state index in [1.165, 1.54) is 12.1 Å². The van der Waals surface area contributed by atoms with Gasteiger partial charge in [-0.1, -0.05) is 0 Å². The molecule has 0 radical (unpaired) electrons. The summed E-state index contributed by atoms with van der Waals surface area (Å²) in [6, 6.07) is 9.24. The molecule has 0 saturated carbocycles. The number of furan rings is 1. The van der Waals surface area contributed by atoms with Crippen molar-refractivity contribution in [3.05, 3.63) is 48.0 Å². The van der Waals surface area contributed by atoms with Crippen LogP contribution in [0.3, 0.4) is 0 Å². The number of rotatable bonds is 7. The molecule has 0 atom stereocenters. The average molecular weight is 305 g/mol. The van der Waals surface area contributed by atoms with E-state index in [2.05, 4.69) is 5.32 Å². The van der Waals surface area contributed by atoms with Gasteiger partial charge in [-0.25, -0.2) is 4.39 Å². The van der Waals surface area contributed by atoms with Gasteiger partial charge < -0.3 is 14.5 Å². The molecule has 0 aliphatic heterocycles. The molecule has 1 N–H and O–H groups in total. The van der Waals surface area contributed by atoms with Crippen LogP contribution in [0, 0.1) is 5.82 Å². The summed E-state index contributed by atoms with van der Waals surface area (Å²) < 4.78 is 23.8. The van der Waals surface area contributed by atoms with Crippen LogP contribution in [0.1, 0.15) is 30.8 Å². The first-order chi connectivity index (χ1) is 10.6. The summed E-state index contributed by atoms with van der Waals surface area (Å²) in [4.78, 5) is 11.9. The Morgan fingerprint density at radius 1 is 1.23 bits per heavy atom. The third-order valence-corrected chi connectivity index (χ3v) is 3.02. The first-order valence-corrected chi connectivity index (χ1v) is 7.32. The molecule has 0 bridgehead atoms. The minimum absolute atomic E-state index is 0.194. The largest absolute Gasteiger partial charge is 0.451 e. The second kappa shape index (κ2) is 7.75. The number of carbonyl (C=O) groups excluding carboxylic acids is 1. The smallest absolute Gasteiger partial charge is 0.287 e. The normalized spacial score (nSPS) is 10.9. The fraction of sp³-hybridized carbons (Fsp3) is 0.353. The minimum atomic E-state index is -0.308. The fourth-order valence-electron chi connectivity index (χ4n) is 1.91. The van der Waals surface area contributed by atoms with Gasteiger partial charge >= 0.3 is 0 Å². The monoisotopic (exact) mass is 305 g/mol. The number of hydrogen-bond donors (Lipinski definition) is 1. The van der Waals surface area contributed by atoms with Crippen LogP contribution in [0.15, 0.2) is 40.8 Å². The summed E-state index contributed by atoms with van der Waals surface area (Å²) in [5.41, 5.74) is 0.728. The zero-order valence-electron chi connectivity index (χ0n) is 12.8.